The molecule has 30 heavy (non-hydrogen) atoms. The fourth-order valence-corrected chi connectivity index (χ4v) is 8.07. The number of nitrogens with zero attached hydrogens (tertiary/aromatic N) is 2. The van der Waals surface area contributed by atoms with Gasteiger partial charge in [0.05, 0.1) is 35.2 Å². The summed E-state index contributed by atoms with van der Waals surface area (Å²) in [7, 11) is 0. The highest BCUT2D eigenvalue weighted by Gasteiger charge is 2.66. The lowest BCUT2D eigenvalue weighted by molar-refractivity contribution is -0.250. The number of aromatic nitrogens is 2. The van der Waals surface area contributed by atoms with Gasteiger partial charge in [-0.15, -0.1) is 0 Å². The van der Waals surface area contributed by atoms with Gasteiger partial charge in [0.2, 0.25) is 0 Å². The van der Waals surface area contributed by atoms with E-state index >= 15 is 0 Å². The molecule has 0 aromatic carbocycles. The van der Waals surface area contributed by atoms with Gasteiger partial charge in [0.15, 0.2) is 0 Å². The van der Waals surface area contributed by atoms with Gasteiger partial charge in [0.25, 0.3) is 0 Å². The van der Waals surface area contributed by atoms with Crippen LogP contribution in [0.5, 0.6) is 0 Å². The van der Waals surface area contributed by atoms with Crippen molar-refractivity contribution in [3.05, 3.63) is 15.5 Å². The minimum Gasteiger partial charge on any atom is -0.447 e. The highest BCUT2D eigenvalue weighted by molar-refractivity contribution is 14.1. The number of hydrogen-bond donors (Lipinski definition) is 1. The average Bonchev–Trinajstić information content (AvgIpc) is 2.89. The van der Waals surface area contributed by atoms with Crippen LogP contribution in [0.3, 0.4) is 0 Å². The molecule has 1 aromatic rings. The van der Waals surface area contributed by atoms with E-state index in [4.69, 9.17) is 19.9 Å². The van der Waals surface area contributed by atoms with Gasteiger partial charge >= 0.3 is 6.09 Å². The Kier molecular flexibility index (Phi) is 5.89. The molecular formula is C22H34IN3O4. The third-order valence-corrected chi connectivity index (χ3v) is 8.35. The Labute approximate surface area is 192 Å². The van der Waals surface area contributed by atoms with Crippen LogP contribution in [-0.2, 0) is 20.8 Å². The molecule has 8 heteroatoms. The molecule has 4 bridgehead atoms. The third kappa shape index (κ3) is 4.50. The molecule has 2 atom stereocenters. The monoisotopic (exact) mass is 531 g/mol. The van der Waals surface area contributed by atoms with Crippen LogP contribution < -0.4 is 5.73 Å². The lowest BCUT2D eigenvalue weighted by atomic mass is 9.39. The Morgan fingerprint density at radius 3 is 2.37 bits per heavy atom. The first-order valence-corrected chi connectivity index (χ1v) is 12.0. The van der Waals surface area contributed by atoms with Crippen LogP contribution in [0.25, 0.3) is 0 Å². The molecule has 5 rings (SSSR count). The molecule has 1 heterocycles. The molecule has 0 radical (unpaired) electrons. The molecule has 0 aliphatic heterocycles. The molecule has 7 nitrogen and oxygen atoms in total. The van der Waals surface area contributed by atoms with Crippen molar-refractivity contribution in [2.24, 2.45) is 22.0 Å². The number of carbonyl (C=O) groups excluding carboxylic acids is 1. The predicted octanol–water partition coefficient (Wildman–Crippen LogP) is 4.04. The quantitative estimate of drug-likeness (QED) is 0.384. The van der Waals surface area contributed by atoms with Crippen LogP contribution in [-0.4, -0.2) is 47.9 Å². The fraction of sp³-hybridized carbons (Fsp3) is 0.818. The number of carbonyl (C=O) groups is 1. The zero-order valence-electron chi connectivity index (χ0n) is 18.3. The number of amides is 1. The third-order valence-electron chi connectivity index (χ3n) is 7.29. The summed E-state index contributed by atoms with van der Waals surface area (Å²) in [4.78, 5) is 10.6. The van der Waals surface area contributed by atoms with E-state index in [0.29, 0.717) is 30.7 Å². The standard InChI is InChI=1S/C22H34IN3O4/c1-16-17(23)8-25-26(16)15-21-10-19(2)9-20(3,11-21)13-22(12-19,14-21)30-7-5-28-4-6-29-18(24)27/h8H,4-7,9-15H2,1-3H3,(H2,24,27). The molecular weight excluding hydrogens is 497 g/mol. The van der Waals surface area contributed by atoms with Crippen molar-refractivity contribution in [3.63, 3.8) is 0 Å². The normalized spacial score (nSPS) is 36.9. The van der Waals surface area contributed by atoms with E-state index in [2.05, 4.69) is 53.1 Å². The molecule has 0 saturated heterocycles. The Bertz CT molecular complexity index is 792. The second-order valence-corrected chi connectivity index (χ2v) is 11.9. The second-order valence-electron chi connectivity index (χ2n) is 10.7. The highest BCUT2D eigenvalue weighted by Crippen LogP contribution is 2.72. The maximum Gasteiger partial charge on any atom is 0.404 e. The fourth-order valence-electron chi connectivity index (χ4n) is 7.67. The van der Waals surface area contributed by atoms with Crippen LogP contribution in [0.1, 0.15) is 58.1 Å². The number of ether oxygens (including phenoxy) is 3. The van der Waals surface area contributed by atoms with E-state index in [1.807, 2.05) is 6.20 Å². The van der Waals surface area contributed by atoms with Crippen molar-refractivity contribution in [1.29, 1.82) is 0 Å². The average molecular weight is 531 g/mol. The molecule has 2 N–H and O–H groups in total. The smallest absolute Gasteiger partial charge is 0.404 e. The molecule has 4 aliphatic carbocycles. The minimum absolute atomic E-state index is 0.0699. The Hall–Kier alpha value is -0.870. The number of hydrogen-bond acceptors (Lipinski definition) is 5. The van der Waals surface area contributed by atoms with Crippen LogP contribution in [0.15, 0.2) is 6.20 Å². The van der Waals surface area contributed by atoms with Gasteiger partial charge in [0.1, 0.15) is 6.61 Å². The number of rotatable bonds is 9. The van der Waals surface area contributed by atoms with E-state index in [1.165, 1.54) is 28.5 Å². The molecule has 4 aliphatic rings. The molecule has 4 saturated carbocycles. The first-order chi connectivity index (χ1) is 14.1. The van der Waals surface area contributed by atoms with Crippen molar-refractivity contribution < 1.29 is 19.0 Å². The van der Waals surface area contributed by atoms with Crippen molar-refractivity contribution in [3.8, 4) is 0 Å². The zero-order chi connectivity index (χ0) is 21.6. The van der Waals surface area contributed by atoms with E-state index < -0.39 is 6.09 Å². The largest absolute Gasteiger partial charge is 0.447 e. The topological polar surface area (TPSA) is 88.6 Å². The van der Waals surface area contributed by atoms with Crippen LogP contribution in [0, 0.1) is 26.7 Å². The maximum absolute atomic E-state index is 10.6. The van der Waals surface area contributed by atoms with Gasteiger partial charge in [-0.2, -0.15) is 5.10 Å². The highest BCUT2D eigenvalue weighted by atomic mass is 127. The summed E-state index contributed by atoms with van der Waals surface area (Å²) in [5.74, 6) is 0. The summed E-state index contributed by atoms with van der Waals surface area (Å²) >= 11 is 2.37. The van der Waals surface area contributed by atoms with Gasteiger partial charge in [-0.25, -0.2) is 4.79 Å². The van der Waals surface area contributed by atoms with Crippen LogP contribution in [0.2, 0.25) is 0 Å². The lowest BCUT2D eigenvalue weighted by Crippen LogP contribution is -2.64. The van der Waals surface area contributed by atoms with Crippen LogP contribution in [0.4, 0.5) is 4.79 Å². The molecule has 1 amide bonds. The summed E-state index contributed by atoms with van der Waals surface area (Å²) in [5, 5.41) is 4.68. The minimum atomic E-state index is -0.766. The maximum atomic E-state index is 10.6. The molecule has 2 unspecified atom stereocenters. The molecule has 4 fully saturated rings. The van der Waals surface area contributed by atoms with Crippen molar-refractivity contribution in [2.75, 3.05) is 26.4 Å². The second kappa shape index (κ2) is 7.92. The summed E-state index contributed by atoms with van der Waals surface area (Å²) < 4.78 is 20.3. The predicted molar refractivity (Wildman–Crippen MR) is 121 cm³/mol. The summed E-state index contributed by atoms with van der Waals surface area (Å²) in [6.07, 6.45) is 8.41. The Balaban J connectivity index is 1.43. The van der Waals surface area contributed by atoms with Gasteiger partial charge in [-0.05, 0) is 84.3 Å². The lowest BCUT2D eigenvalue weighted by Gasteiger charge is -2.69. The first-order valence-electron chi connectivity index (χ1n) is 10.9. The van der Waals surface area contributed by atoms with E-state index in [1.54, 1.807) is 0 Å². The van der Waals surface area contributed by atoms with Crippen molar-refractivity contribution in [1.82, 2.24) is 9.78 Å². The van der Waals surface area contributed by atoms with Gasteiger partial charge in [0, 0.05) is 12.2 Å². The number of halogens is 1. The number of nitrogens with two attached hydrogens (primary N) is 1. The summed E-state index contributed by atoms with van der Waals surface area (Å²) in [6, 6.07) is 0. The Morgan fingerprint density at radius 1 is 1.10 bits per heavy atom. The van der Waals surface area contributed by atoms with E-state index in [0.717, 1.165) is 25.8 Å². The van der Waals surface area contributed by atoms with Crippen LogP contribution >= 0.6 is 22.6 Å². The number of primary amides is 1. The SMILES string of the molecule is Cc1c(I)cnn1CC12CC3(C)CC(C)(C1)CC(OCCOCCOC(N)=O)(C3)C2. The van der Waals surface area contributed by atoms with E-state index in [-0.39, 0.29) is 17.6 Å². The van der Waals surface area contributed by atoms with Crippen molar-refractivity contribution >= 4 is 28.7 Å². The van der Waals surface area contributed by atoms with Crippen molar-refractivity contribution in [2.45, 2.75) is 71.4 Å². The molecule has 0 spiro atoms. The van der Waals surface area contributed by atoms with Gasteiger partial charge in [-0.1, -0.05) is 13.8 Å². The molecule has 1 aromatic heterocycles. The zero-order valence-corrected chi connectivity index (χ0v) is 20.5. The Morgan fingerprint density at radius 2 is 1.77 bits per heavy atom. The summed E-state index contributed by atoms with van der Waals surface area (Å²) in [6.45, 7) is 9.68. The molecule has 168 valence electrons. The van der Waals surface area contributed by atoms with Gasteiger partial charge < -0.3 is 19.9 Å². The first kappa shape index (κ1) is 22.3. The summed E-state index contributed by atoms with van der Waals surface area (Å²) in [5.41, 5.74) is 7.05. The van der Waals surface area contributed by atoms with Gasteiger partial charge in [-0.3, -0.25) is 4.68 Å². The van der Waals surface area contributed by atoms with E-state index in [9.17, 15) is 4.79 Å².